The summed E-state index contributed by atoms with van der Waals surface area (Å²) in [5.74, 6) is -0.347. The van der Waals surface area contributed by atoms with Crippen LogP contribution in [-0.4, -0.2) is 55.1 Å². The minimum atomic E-state index is -0.710. The van der Waals surface area contributed by atoms with Crippen LogP contribution in [0.4, 0.5) is 0 Å². The molecular weight excluding hydrogens is 342 g/mol. The number of hydrogen-bond donors (Lipinski definition) is 2. The minimum Gasteiger partial charge on any atom is -0.356 e. The molecule has 0 aromatic heterocycles. The van der Waals surface area contributed by atoms with E-state index in [2.05, 4.69) is 29.5 Å². The molecule has 1 saturated carbocycles. The number of carbonyl (C=O) groups is 2. The van der Waals surface area contributed by atoms with Crippen LogP contribution in [0, 0.1) is 0 Å². The van der Waals surface area contributed by atoms with Gasteiger partial charge in [-0.05, 0) is 32.0 Å². The van der Waals surface area contributed by atoms with E-state index in [0.29, 0.717) is 6.54 Å². The Morgan fingerprint density at radius 3 is 2.63 bits per heavy atom. The predicted molar refractivity (Wildman–Crippen MR) is 104 cm³/mol. The Bertz CT molecular complexity index is 643. The lowest BCUT2D eigenvalue weighted by Gasteiger charge is -2.45. The molecule has 1 aromatic rings. The molecule has 3 rings (SSSR count). The first kappa shape index (κ1) is 19.8. The monoisotopic (exact) mass is 373 g/mol. The van der Waals surface area contributed by atoms with Crippen molar-refractivity contribution in [3.05, 3.63) is 35.9 Å². The summed E-state index contributed by atoms with van der Waals surface area (Å²) in [6, 6.07) is 9.08. The maximum atomic E-state index is 13.0. The average Bonchev–Trinajstić information content (AvgIpc) is 2.72. The number of nitrogens with zero attached hydrogens (tertiary/aromatic N) is 1. The van der Waals surface area contributed by atoms with E-state index in [1.165, 1.54) is 19.3 Å². The summed E-state index contributed by atoms with van der Waals surface area (Å²) in [6.07, 6.45) is 5.15. The highest BCUT2D eigenvalue weighted by molar-refractivity contribution is 5.86. The van der Waals surface area contributed by atoms with Gasteiger partial charge in [-0.3, -0.25) is 14.5 Å². The third kappa shape index (κ3) is 4.50. The van der Waals surface area contributed by atoms with Gasteiger partial charge in [-0.25, -0.2) is 0 Å². The van der Waals surface area contributed by atoms with Gasteiger partial charge in [-0.15, -0.1) is 0 Å². The lowest BCUT2D eigenvalue weighted by atomic mass is 9.80. The molecular formula is C21H31N3O3. The van der Waals surface area contributed by atoms with Crippen molar-refractivity contribution < 1.29 is 14.3 Å². The topological polar surface area (TPSA) is 70.7 Å². The summed E-state index contributed by atoms with van der Waals surface area (Å²) < 4.78 is 5.64. The van der Waals surface area contributed by atoms with Crippen molar-refractivity contribution in [1.82, 2.24) is 15.5 Å². The SMILES string of the molecule is CCN(C)C1(CNC(=O)[C@H]2OCC(=O)N[C@@H]2c2ccccc2)CCCCC1. The summed E-state index contributed by atoms with van der Waals surface area (Å²) in [5.41, 5.74) is 0.895. The van der Waals surface area contributed by atoms with Gasteiger partial charge in [0.1, 0.15) is 6.61 Å². The van der Waals surface area contributed by atoms with Crippen LogP contribution in [-0.2, 0) is 14.3 Å². The number of ether oxygens (including phenoxy) is 1. The number of rotatable bonds is 6. The van der Waals surface area contributed by atoms with Crippen molar-refractivity contribution in [3.8, 4) is 0 Å². The van der Waals surface area contributed by atoms with Crippen LogP contribution >= 0.6 is 0 Å². The normalized spacial score (nSPS) is 25.1. The zero-order valence-corrected chi connectivity index (χ0v) is 16.4. The van der Waals surface area contributed by atoms with Gasteiger partial charge in [0, 0.05) is 12.1 Å². The molecule has 1 saturated heterocycles. The fraction of sp³-hybridized carbons (Fsp3) is 0.619. The summed E-state index contributed by atoms with van der Waals surface area (Å²) in [7, 11) is 2.14. The third-order valence-electron chi connectivity index (χ3n) is 6.09. The highest BCUT2D eigenvalue weighted by Gasteiger charge is 2.39. The van der Waals surface area contributed by atoms with E-state index in [1.807, 2.05) is 30.3 Å². The van der Waals surface area contributed by atoms with Crippen LogP contribution < -0.4 is 10.6 Å². The van der Waals surface area contributed by atoms with Crippen LogP contribution in [0.1, 0.15) is 50.6 Å². The fourth-order valence-electron chi connectivity index (χ4n) is 4.29. The van der Waals surface area contributed by atoms with Crippen LogP contribution in [0.3, 0.4) is 0 Å². The molecule has 2 N–H and O–H groups in total. The van der Waals surface area contributed by atoms with Gasteiger partial charge < -0.3 is 15.4 Å². The van der Waals surface area contributed by atoms with Crippen LogP contribution in [0.25, 0.3) is 0 Å². The lowest BCUT2D eigenvalue weighted by molar-refractivity contribution is -0.148. The van der Waals surface area contributed by atoms with Crippen molar-refractivity contribution >= 4 is 11.8 Å². The van der Waals surface area contributed by atoms with Crippen molar-refractivity contribution in [2.45, 2.75) is 56.7 Å². The molecule has 6 heteroatoms. The summed E-state index contributed by atoms with van der Waals surface area (Å²) >= 11 is 0. The Kier molecular flexibility index (Phi) is 6.50. The lowest BCUT2D eigenvalue weighted by Crippen LogP contribution is -2.58. The van der Waals surface area contributed by atoms with Gasteiger partial charge in [0.05, 0.1) is 6.04 Å². The molecule has 2 atom stereocenters. The van der Waals surface area contributed by atoms with E-state index in [-0.39, 0.29) is 24.0 Å². The van der Waals surface area contributed by atoms with Gasteiger partial charge in [0.2, 0.25) is 5.91 Å². The smallest absolute Gasteiger partial charge is 0.251 e. The van der Waals surface area contributed by atoms with Gasteiger partial charge in [0.25, 0.3) is 5.91 Å². The molecule has 1 aliphatic heterocycles. The zero-order valence-electron chi connectivity index (χ0n) is 16.4. The van der Waals surface area contributed by atoms with Gasteiger partial charge >= 0.3 is 0 Å². The molecule has 1 aromatic carbocycles. The molecule has 27 heavy (non-hydrogen) atoms. The number of benzene rings is 1. The van der Waals surface area contributed by atoms with Gasteiger partial charge in [0.15, 0.2) is 6.10 Å². The number of hydrogen-bond acceptors (Lipinski definition) is 4. The third-order valence-corrected chi connectivity index (χ3v) is 6.09. The molecule has 1 aliphatic carbocycles. The number of morpholine rings is 1. The second kappa shape index (κ2) is 8.85. The Balaban J connectivity index is 1.70. The second-order valence-corrected chi connectivity index (χ2v) is 7.70. The number of nitrogens with one attached hydrogen (secondary N) is 2. The van der Waals surface area contributed by atoms with Crippen LogP contribution in [0.2, 0.25) is 0 Å². The highest BCUT2D eigenvalue weighted by Crippen LogP contribution is 2.32. The predicted octanol–water partition coefficient (Wildman–Crippen LogP) is 2.01. The van der Waals surface area contributed by atoms with E-state index in [9.17, 15) is 9.59 Å². The maximum Gasteiger partial charge on any atom is 0.251 e. The largest absolute Gasteiger partial charge is 0.356 e. The first-order chi connectivity index (χ1) is 13.1. The van der Waals surface area contributed by atoms with Crippen LogP contribution in [0.5, 0.6) is 0 Å². The standard InChI is InChI=1S/C21H31N3O3/c1-3-24(2)21(12-8-5-9-13-21)15-22-20(26)19-18(23-17(25)14-27-19)16-10-6-4-7-11-16/h4,6-7,10-11,18-19H,3,5,8-9,12-15H2,1-2H3,(H,22,26)(H,23,25)/t18-,19+/m1/s1. The minimum absolute atomic E-state index is 0.0167. The Morgan fingerprint density at radius 1 is 1.26 bits per heavy atom. The van der Waals surface area contributed by atoms with E-state index in [4.69, 9.17) is 4.74 Å². The molecule has 2 fully saturated rings. The molecule has 2 aliphatic rings. The van der Waals surface area contributed by atoms with Gasteiger partial charge in [-0.1, -0.05) is 56.5 Å². The summed E-state index contributed by atoms with van der Waals surface area (Å²) in [6.45, 7) is 3.65. The van der Waals surface area contributed by atoms with E-state index < -0.39 is 12.1 Å². The first-order valence-corrected chi connectivity index (χ1v) is 10.0. The molecule has 0 unspecified atom stereocenters. The average molecular weight is 373 g/mol. The summed E-state index contributed by atoms with van der Waals surface area (Å²) in [4.78, 5) is 27.2. The highest BCUT2D eigenvalue weighted by atomic mass is 16.5. The Morgan fingerprint density at radius 2 is 1.96 bits per heavy atom. The van der Waals surface area contributed by atoms with Crippen molar-refractivity contribution in [1.29, 1.82) is 0 Å². The van der Waals surface area contributed by atoms with E-state index in [0.717, 1.165) is 24.9 Å². The molecule has 6 nitrogen and oxygen atoms in total. The Labute approximate surface area is 161 Å². The number of amides is 2. The number of likely N-dealkylation sites (N-methyl/N-ethyl adjacent to an activating group) is 1. The van der Waals surface area contributed by atoms with Crippen molar-refractivity contribution in [2.75, 3.05) is 26.7 Å². The van der Waals surface area contributed by atoms with Crippen molar-refractivity contribution in [3.63, 3.8) is 0 Å². The maximum absolute atomic E-state index is 13.0. The zero-order chi connectivity index (χ0) is 19.3. The fourth-order valence-corrected chi connectivity index (χ4v) is 4.29. The number of carbonyl (C=O) groups excluding carboxylic acids is 2. The first-order valence-electron chi connectivity index (χ1n) is 10.0. The molecule has 0 radical (unpaired) electrons. The van der Waals surface area contributed by atoms with Crippen molar-refractivity contribution in [2.24, 2.45) is 0 Å². The molecule has 0 bridgehead atoms. The quantitative estimate of drug-likeness (QED) is 0.800. The molecule has 1 heterocycles. The molecule has 2 amide bonds. The van der Waals surface area contributed by atoms with E-state index >= 15 is 0 Å². The Hall–Kier alpha value is -1.92. The summed E-state index contributed by atoms with van der Waals surface area (Å²) in [5, 5.41) is 6.05. The molecule has 148 valence electrons. The van der Waals surface area contributed by atoms with Crippen LogP contribution in [0.15, 0.2) is 30.3 Å². The second-order valence-electron chi connectivity index (χ2n) is 7.70. The van der Waals surface area contributed by atoms with Gasteiger partial charge in [-0.2, -0.15) is 0 Å². The molecule has 0 spiro atoms. The van der Waals surface area contributed by atoms with E-state index in [1.54, 1.807) is 0 Å².